The lowest BCUT2D eigenvalue weighted by Gasteiger charge is -2.37. The van der Waals surface area contributed by atoms with Crippen LogP contribution in [0.25, 0.3) is 0 Å². The van der Waals surface area contributed by atoms with Crippen molar-refractivity contribution in [3.05, 3.63) is 53.3 Å². The van der Waals surface area contributed by atoms with Gasteiger partial charge in [0.15, 0.2) is 0 Å². The van der Waals surface area contributed by atoms with Gasteiger partial charge in [0, 0.05) is 12.6 Å². The van der Waals surface area contributed by atoms with Crippen LogP contribution in [0.1, 0.15) is 43.1 Å². The third kappa shape index (κ3) is 3.70. The third-order valence-corrected chi connectivity index (χ3v) is 4.86. The minimum absolute atomic E-state index is 0.250. The molecule has 2 aromatic rings. The summed E-state index contributed by atoms with van der Waals surface area (Å²) in [6.45, 7) is 3.28. The number of amides is 1. The maximum atomic E-state index is 12.3. The molecule has 1 atom stereocenters. The van der Waals surface area contributed by atoms with Gasteiger partial charge in [-0.05, 0) is 49.9 Å². The van der Waals surface area contributed by atoms with Crippen LogP contribution in [0.2, 0.25) is 5.02 Å². The molecule has 1 aromatic heterocycles. The number of pyridine rings is 1. The smallest absolute Gasteiger partial charge is 0.274 e. The molecule has 1 N–H and O–H groups in total. The minimum Gasteiger partial charge on any atom is -0.367 e. The molecule has 0 saturated carbocycles. The number of nitrogens with one attached hydrogen (secondary N) is 1. The van der Waals surface area contributed by atoms with Crippen LogP contribution < -0.4 is 10.2 Å². The summed E-state index contributed by atoms with van der Waals surface area (Å²) in [7, 11) is 0. The van der Waals surface area contributed by atoms with Crippen molar-refractivity contribution in [1.82, 2.24) is 4.98 Å². The normalized spacial score (nSPS) is 17.6. The summed E-state index contributed by atoms with van der Waals surface area (Å²) in [6, 6.07) is 11.5. The zero-order valence-corrected chi connectivity index (χ0v) is 14.6. The number of benzene rings is 1. The van der Waals surface area contributed by atoms with Gasteiger partial charge in [-0.25, -0.2) is 4.98 Å². The number of piperidine rings is 1. The lowest BCUT2D eigenvalue weighted by molar-refractivity contribution is 0.102. The van der Waals surface area contributed by atoms with Gasteiger partial charge in [0.1, 0.15) is 5.69 Å². The molecule has 1 fully saturated rings. The second-order valence-electron chi connectivity index (χ2n) is 6.09. The van der Waals surface area contributed by atoms with Crippen molar-refractivity contribution in [2.24, 2.45) is 0 Å². The second-order valence-corrected chi connectivity index (χ2v) is 6.49. The molecule has 3 rings (SSSR count). The van der Waals surface area contributed by atoms with Crippen LogP contribution in [-0.2, 0) is 0 Å². The monoisotopic (exact) mass is 343 g/mol. The molecule has 1 unspecified atom stereocenters. The standard InChI is InChI=1S/C19H22ClN3O/c1-2-14-7-5-6-12-23(14)15-10-11-18(21-13-15)19(24)22-17-9-4-3-8-16(17)20/h3-4,8-11,13-14H,2,5-7,12H2,1H3,(H,22,24). The topological polar surface area (TPSA) is 45.2 Å². The molecule has 0 spiro atoms. The van der Waals surface area contributed by atoms with Crippen molar-refractivity contribution >= 4 is 28.9 Å². The Kier molecular flexibility index (Phi) is 5.36. The fraction of sp³-hybridized carbons (Fsp3) is 0.368. The van der Waals surface area contributed by atoms with E-state index in [0.29, 0.717) is 22.4 Å². The SMILES string of the molecule is CCC1CCCCN1c1ccc(C(=O)Nc2ccccc2Cl)nc1. The highest BCUT2D eigenvalue weighted by molar-refractivity contribution is 6.33. The number of anilines is 2. The number of aromatic nitrogens is 1. The highest BCUT2D eigenvalue weighted by Crippen LogP contribution is 2.26. The average molecular weight is 344 g/mol. The Morgan fingerprint density at radius 1 is 1.29 bits per heavy atom. The maximum Gasteiger partial charge on any atom is 0.274 e. The molecular formula is C19H22ClN3O. The van der Waals surface area contributed by atoms with Crippen molar-refractivity contribution in [3.63, 3.8) is 0 Å². The van der Waals surface area contributed by atoms with Gasteiger partial charge in [-0.15, -0.1) is 0 Å². The first-order chi connectivity index (χ1) is 11.7. The van der Waals surface area contributed by atoms with Gasteiger partial charge in [-0.2, -0.15) is 0 Å². The summed E-state index contributed by atoms with van der Waals surface area (Å²) < 4.78 is 0. The average Bonchev–Trinajstić information content (AvgIpc) is 2.63. The Morgan fingerprint density at radius 2 is 2.12 bits per heavy atom. The number of carbonyl (C=O) groups is 1. The van der Waals surface area contributed by atoms with Crippen LogP contribution in [0, 0.1) is 0 Å². The van der Waals surface area contributed by atoms with E-state index in [0.717, 1.165) is 18.7 Å². The molecule has 0 bridgehead atoms. The molecule has 0 radical (unpaired) electrons. The highest BCUT2D eigenvalue weighted by Gasteiger charge is 2.21. The summed E-state index contributed by atoms with van der Waals surface area (Å²) in [5, 5.41) is 3.31. The fourth-order valence-corrected chi connectivity index (χ4v) is 3.39. The predicted molar refractivity (Wildman–Crippen MR) is 98.9 cm³/mol. The molecule has 1 saturated heterocycles. The molecule has 5 heteroatoms. The summed E-state index contributed by atoms with van der Waals surface area (Å²) in [5.41, 5.74) is 2.08. The summed E-state index contributed by atoms with van der Waals surface area (Å²) in [5.74, 6) is -0.250. The molecule has 1 aromatic carbocycles. The Morgan fingerprint density at radius 3 is 2.83 bits per heavy atom. The van der Waals surface area contributed by atoms with Crippen LogP contribution in [0.3, 0.4) is 0 Å². The van der Waals surface area contributed by atoms with Gasteiger partial charge < -0.3 is 10.2 Å². The van der Waals surface area contributed by atoms with E-state index in [9.17, 15) is 4.79 Å². The van der Waals surface area contributed by atoms with Crippen LogP contribution >= 0.6 is 11.6 Å². The number of para-hydroxylation sites is 1. The Balaban J connectivity index is 1.72. The van der Waals surface area contributed by atoms with Gasteiger partial charge in [0.2, 0.25) is 0 Å². The number of carbonyl (C=O) groups excluding carboxylic acids is 1. The predicted octanol–water partition coefficient (Wildman–Crippen LogP) is 4.76. The van der Waals surface area contributed by atoms with E-state index < -0.39 is 0 Å². The van der Waals surface area contributed by atoms with Gasteiger partial charge in [0.25, 0.3) is 5.91 Å². The van der Waals surface area contributed by atoms with Gasteiger partial charge in [-0.3, -0.25) is 4.79 Å². The van der Waals surface area contributed by atoms with E-state index in [1.54, 1.807) is 24.4 Å². The molecule has 1 aliphatic heterocycles. The quantitative estimate of drug-likeness (QED) is 0.870. The Bertz CT molecular complexity index is 702. The number of hydrogen-bond acceptors (Lipinski definition) is 3. The van der Waals surface area contributed by atoms with E-state index >= 15 is 0 Å². The van der Waals surface area contributed by atoms with E-state index in [4.69, 9.17) is 11.6 Å². The summed E-state index contributed by atoms with van der Waals surface area (Å²) >= 11 is 6.07. The third-order valence-electron chi connectivity index (χ3n) is 4.53. The van der Waals surface area contributed by atoms with Crippen molar-refractivity contribution in [1.29, 1.82) is 0 Å². The van der Waals surface area contributed by atoms with Crippen molar-refractivity contribution in [2.45, 2.75) is 38.6 Å². The van der Waals surface area contributed by atoms with Crippen LogP contribution in [0.5, 0.6) is 0 Å². The van der Waals surface area contributed by atoms with Crippen molar-refractivity contribution in [2.75, 3.05) is 16.8 Å². The number of nitrogens with zero attached hydrogens (tertiary/aromatic N) is 2. The maximum absolute atomic E-state index is 12.3. The Hall–Kier alpha value is -2.07. The van der Waals surface area contributed by atoms with E-state index in [1.807, 2.05) is 18.2 Å². The first-order valence-corrected chi connectivity index (χ1v) is 8.85. The molecule has 2 heterocycles. The Labute approximate surface area is 147 Å². The summed E-state index contributed by atoms with van der Waals surface area (Å²) in [6.07, 6.45) is 6.67. The second kappa shape index (κ2) is 7.67. The molecule has 24 heavy (non-hydrogen) atoms. The van der Waals surface area contributed by atoms with Crippen LogP contribution in [0.15, 0.2) is 42.6 Å². The van der Waals surface area contributed by atoms with Gasteiger partial charge in [0.05, 0.1) is 22.6 Å². The number of rotatable bonds is 4. The first kappa shape index (κ1) is 16.8. The molecular weight excluding hydrogens is 322 g/mol. The zero-order chi connectivity index (χ0) is 16.9. The zero-order valence-electron chi connectivity index (χ0n) is 13.8. The summed E-state index contributed by atoms with van der Waals surface area (Å²) in [4.78, 5) is 19.1. The van der Waals surface area contributed by atoms with E-state index in [-0.39, 0.29) is 5.91 Å². The highest BCUT2D eigenvalue weighted by atomic mass is 35.5. The molecule has 1 amide bonds. The van der Waals surface area contributed by atoms with E-state index in [2.05, 4.69) is 22.1 Å². The minimum atomic E-state index is -0.250. The molecule has 4 nitrogen and oxygen atoms in total. The number of hydrogen-bond donors (Lipinski definition) is 1. The van der Waals surface area contributed by atoms with Crippen LogP contribution in [0.4, 0.5) is 11.4 Å². The van der Waals surface area contributed by atoms with Gasteiger partial charge >= 0.3 is 0 Å². The lowest BCUT2D eigenvalue weighted by atomic mass is 9.99. The molecule has 0 aliphatic carbocycles. The largest absolute Gasteiger partial charge is 0.367 e. The van der Waals surface area contributed by atoms with E-state index in [1.165, 1.54) is 19.3 Å². The molecule has 1 aliphatic rings. The lowest BCUT2D eigenvalue weighted by Crippen LogP contribution is -2.39. The molecule has 126 valence electrons. The van der Waals surface area contributed by atoms with Crippen molar-refractivity contribution < 1.29 is 4.79 Å². The van der Waals surface area contributed by atoms with Crippen LogP contribution in [-0.4, -0.2) is 23.5 Å². The first-order valence-electron chi connectivity index (χ1n) is 8.47. The number of halogens is 1. The van der Waals surface area contributed by atoms with Crippen molar-refractivity contribution in [3.8, 4) is 0 Å². The fourth-order valence-electron chi connectivity index (χ4n) is 3.20. The van der Waals surface area contributed by atoms with Gasteiger partial charge in [-0.1, -0.05) is 30.7 Å².